The van der Waals surface area contributed by atoms with Crippen molar-refractivity contribution in [3.63, 3.8) is 0 Å². The molecule has 0 amide bonds. The van der Waals surface area contributed by atoms with Gasteiger partial charge in [0.05, 0.1) is 5.56 Å². The number of halogens is 3. The van der Waals surface area contributed by atoms with Crippen LogP contribution in [0.15, 0.2) is 53.7 Å². The molecular weight excluding hydrogens is 351 g/mol. The Morgan fingerprint density at radius 1 is 1.15 bits per heavy atom. The lowest BCUT2D eigenvalue weighted by Gasteiger charge is -2.12. The summed E-state index contributed by atoms with van der Waals surface area (Å²) < 4.78 is 43.7. The highest BCUT2D eigenvalue weighted by Crippen LogP contribution is 2.31. The molecule has 2 aromatic carbocycles. The molecule has 26 heavy (non-hydrogen) atoms. The lowest BCUT2D eigenvalue weighted by atomic mass is 10.0. The number of rotatable bonds is 7. The highest BCUT2D eigenvalue weighted by Gasteiger charge is 2.30. The predicted molar refractivity (Wildman–Crippen MR) is 88.0 cm³/mol. The van der Waals surface area contributed by atoms with Crippen molar-refractivity contribution in [2.75, 3.05) is 6.61 Å². The Kier molecular flexibility index (Phi) is 6.21. The van der Waals surface area contributed by atoms with Crippen molar-refractivity contribution in [3.8, 4) is 5.75 Å². The number of carbonyl (C=O) groups is 1. The maximum absolute atomic E-state index is 12.8. The minimum atomic E-state index is -4.47. The normalized spacial score (nSPS) is 11.9. The standard InChI is InChI=1S/C18H16F3NO4/c1-2-26-22-16(17(23)24)15-9-4-3-6-12(15)11-25-14-8-5-7-13(10-14)18(19,20)21/h3-10H,2,11H2,1H3,(H,23,24)/b22-16-. The number of oxime groups is 1. The molecule has 0 heterocycles. The van der Waals surface area contributed by atoms with Gasteiger partial charge >= 0.3 is 12.1 Å². The topological polar surface area (TPSA) is 68.1 Å². The fourth-order valence-electron chi connectivity index (χ4n) is 2.13. The first-order valence-corrected chi connectivity index (χ1v) is 7.64. The number of carboxylic acid groups (broad SMARTS) is 1. The third-order valence-corrected chi connectivity index (χ3v) is 3.32. The first-order chi connectivity index (χ1) is 12.3. The average molecular weight is 367 g/mol. The van der Waals surface area contributed by atoms with Crippen LogP contribution < -0.4 is 4.74 Å². The van der Waals surface area contributed by atoms with Gasteiger partial charge in [-0.05, 0) is 30.7 Å². The summed E-state index contributed by atoms with van der Waals surface area (Å²) in [6.07, 6.45) is -4.47. The van der Waals surface area contributed by atoms with Crippen LogP contribution in [0.1, 0.15) is 23.6 Å². The Morgan fingerprint density at radius 3 is 2.54 bits per heavy atom. The van der Waals surface area contributed by atoms with E-state index in [1.165, 1.54) is 18.2 Å². The van der Waals surface area contributed by atoms with Gasteiger partial charge in [0.1, 0.15) is 19.0 Å². The van der Waals surface area contributed by atoms with E-state index in [0.29, 0.717) is 5.56 Å². The number of hydrogen-bond acceptors (Lipinski definition) is 4. The maximum atomic E-state index is 12.8. The largest absolute Gasteiger partial charge is 0.489 e. The minimum Gasteiger partial charge on any atom is -0.489 e. The molecule has 8 heteroatoms. The summed E-state index contributed by atoms with van der Waals surface area (Å²) in [5, 5.41) is 12.9. The van der Waals surface area contributed by atoms with E-state index in [2.05, 4.69) is 5.16 Å². The molecule has 1 N–H and O–H groups in total. The van der Waals surface area contributed by atoms with E-state index in [-0.39, 0.29) is 30.2 Å². The zero-order chi connectivity index (χ0) is 19.2. The van der Waals surface area contributed by atoms with Crippen molar-refractivity contribution in [3.05, 3.63) is 65.2 Å². The second-order valence-corrected chi connectivity index (χ2v) is 5.13. The molecule has 0 aromatic heterocycles. The smallest absolute Gasteiger partial charge is 0.416 e. The Bertz CT molecular complexity index is 803. The van der Waals surface area contributed by atoms with E-state index in [4.69, 9.17) is 9.57 Å². The molecule has 0 unspecified atom stereocenters. The van der Waals surface area contributed by atoms with Gasteiger partial charge in [-0.25, -0.2) is 4.79 Å². The van der Waals surface area contributed by atoms with Crippen molar-refractivity contribution in [1.82, 2.24) is 0 Å². The summed E-state index contributed by atoms with van der Waals surface area (Å²) in [6.45, 7) is 1.72. The molecule has 0 aliphatic rings. The fraction of sp³-hybridized carbons (Fsp3) is 0.222. The number of ether oxygens (including phenoxy) is 1. The van der Waals surface area contributed by atoms with Crippen molar-refractivity contribution in [1.29, 1.82) is 0 Å². The van der Waals surface area contributed by atoms with Gasteiger partial charge in [-0.1, -0.05) is 35.5 Å². The average Bonchev–Trinajstić information content (AvgIpc) is 2.60. The Balaban J connectivity index is 2.25. The van der Waals surface area contributed by atoms with Crippen molar-refractivity contribution in [2.45, 2.75) is 19.7 Å². The molecule has 0 fully saturated rings. The molecule has 0 radical (unpaired) electrons. The molecule has 5 nitrogen and oxygen atoms in total. The summed E-state index contributed by atoms with van der Waals surface area (Å²) in [7, 11) is 0. The molecule has 2 aromatic rings. The van der Waals surface area contributed by atoms with E-state index < -0.39 is 17.7 Å². The zero-order valence-corrected chi connectivity index (χ0v) is 13.8. The number of aliphatic carboxylic acids is 1. The highest BCUT2D eigenvalue weighted by molar-refractivity contribution is 6.42. The molecule has 0 aliphatic heterocycles. The van der Waals surface area contributed by atoms with Gasteiger partial charge in [0.25, 0.3) is 0 Å². The second-order valence-electron chi connectivity index (χ2n) is 5.13. The molecule has 138 valence electrons. The SMILES string of the molecule is CCO/N=C(\C(=O)O)c1ccccc1COc1cccc(C(F)(F)F)c1. The van der Waals surface area contributed by atoms with Gasteiger partial charge in [0.2, 0.25) is 0 Å². The summed E-state index contributed by atoms with van der Waals surface area (Å²) in [4.78, 5) is 16.2. The summed E-state index contributed by atoms with van der Waals surface area (Å²) in [5.74, 6) is -1.27. The molecule has 0 bridgehead atoms. The van der Waals surface area contributed by atoms with E-state index in [1.54, 1.807) is 25.1 Å². The zero-order valence-electron chi connectivity index (χ0n) is 13.8. The second kappa shape index (κ2) is 8.37. The summed E-state index contributed by atoms with van der Waals surface area (Å²) in [6, 6.07) is 10.9. The molecule has 0 spiro atoms. The van der Waals surface area contributed by atoms with Crippen LogP contribution in [0.2, 0.25) is 0 Å². The molecule has 2 rings (SSSR count). The molecule has 0 saturated heterocycles. The van der Waals surface area contributed by atoms with Crippen LogP contribution in [0.25, 0.3) is 0 Å². The third-order valence-electron chi connectivity index (χ3n) is 3.32. The number of nitrogens with zero attached hydrogens (tertiary/aromatic N) is 1. The van der Waals surface area contributed by atoms with Crippen LogP contribution in [0, 0.1) is 0 Å². The summed E-state index contributed by atoms with van der Waals surface area (Å²) >= 11 is 0. The van der Waals surface area contributed by atoms with Crippen LogP contribution in [0.4, 0.5) is 13.2 Å². The number of carboxylic acids is 1. The maximum Gasteiger partial charge on any atom is 0.416 e. The van der Waals surface area contributed by atoms with Gasteiger partial charge in [0, 0.05) is 5.56 Å². The van der Waals surface area contributed by atoms with Crippen molar-refractivity contribution >= 4 is 11.7 Å². The quantitative estimate of drug-likeness (QED) is 0.591. The Morgan fingerprint density at radius 2 is 1.88 bits per heavy atom. The van der Waals surface area contributed by atoms with Crippen LogP contribution in [0.3, 0.4) is 0 Å². The van der Waals surface area contributed by atoms with Crippen molar-refractivity contribution in [2.24, 2.45) is 5.16 Å². The molecular formula is C18H16F3NO4. The van der Waals surface area contributed by atoms with Crippen LogP contribution in [-0.4, -0.2) is 23.4 Å². The lowest BCUT2D eigenvalue weighted by Crippen LogP contribution is -2.18. The number of alkyl halides is 3. The first-order valence-electron chi connectivity index (χ1n) is 7.64. The van der Waals surface area contributed by atoms with Crippen LogP contribution in [0.5, 0.6) is 5.75 Å². The van der Waals surface area contributed by atoms with E-state index in [1.807, 2.05) is 0 Å². The van der Waals surface area contributed by atoms with Gasteiger partial charge < -0.3 is 14.7 Å². The number of hydrogen-bond donors (Lipinski definition) is 1. The van der Waals surface area contributed by atoms with Gasteiger partial charge in [-0.15, -0.1) is 0 Å². The van der Waals surface area contributed by atoms with E-state index in [0.717, 1.165) is 12.1 Å². The predicted octanol–water partition coefficient (Wildman–Crippen LogP) is 4.11. The van der Waals surface area contributed by atoms with E-state index >= 15 is 0 Å². The minimum absolute atomic E-state index is 0.0215. The molecule has 0 saturated carbocycles. The van der Waals surface area contributed by atoms with Gasteiger partial charge in [0.15, 0.2) is 5.71 Å². The van der Waals surface area contributed by atoms with Crippen LogP contribution >= 0.6 is 0 Å². The monoisotopic (exact) mass is 367 g/mol. The first kappa shape index (κ1) is 19.3. The fourth-order valence-corrected chi connectivity index (χ4v) is 2.13. The Labute approximate surface area is 147 Å². The van der Waals surface area contributed by atoms with E-state index in [9.17, 15) is 23.1 Å². The number of benzene rings is 2. The highest BCUT2D eigenvalue weighted by atomic mass is 19.4. The Hall–Kier alpha value is -3.03. The van der Waals surface area contributed by atoms with Crippen molar-refractivity contribution < 1.29 is 32.6 Å². The van der Waals surface area contributed by atoms with Gasteiger partial charge in [-0.2, -0.15) is 13.2 Å². The summed E-state index contributed by atoms with van der Waals surface area (Å²) in [5.41, 5.74) is -0.422. The molecule has 0 aliphatic carbocycles. The van der Waals surface area contributed by atoms with Crippen LogP contribution in [-0.2, 0) is 22.4 Å². The molecule has 0 atom stereocenters. The van der Waals surface area contributed by atoms with Gasteiger partial charge in [-0.3, -0.25) is 0 Å². The lowest BCUT2D eigenvalue weighted by molar-refractivity contribution is -0.137. The third kappa shape index (κ3) is 4.98.